The molecule has 1 aromatic carbocycles. The summed E-state index contributed by atoms with van der Waals surface area (Å²) in [7, 11) is 0. The first-order valence-corrected chi connectivity index (χ1v) is 6.83. The van der Waals surface area contributed by atoms with Crippen molar-refractivity contribution in [1.29, 1.82) is 0 Å². The van der Waals surface area contributed by atoms with Crippen molar-refractivity contribution >= 4 is 12.1 Å². The van der Waals surface area contributed by atoms with E-state index in [0.717, 1.165) is 17.7 Å². The Morgan fingerprint density at radius 2 is 2.05 bits per heavy atom. The lowest BCUT2D eigenvalue weighted by atomic mass is 10.2. The number of carbonyl (C=O) groups is 1. The lowest BCUT2D eigenvalue weighted by molar-refractivity contribution is -0.126. The maximum atomic E-state index is 11.4. The van der Waals surface area contributed by atoms with Crippen LogP contribution in [0.2, 0.25) is 0 Å². The Balaban J connectivity index is 2.32. The number of nitrogens with one attached hydrogen (secondary N) is 1. The normalized spacial score (nSPS) is 12.2. The van der Waals surface area contributed by atoms with E-state index in [1.165, 1.54) is 0 Å². The largest absolute Gasteiger partial charge is 0.494 e. The van der Waals surface area contributed by atoms with Crippen LogP contribution in [-0.4, -0.2) is 31.4 Å². The second kappa shape index (κ2) is 8.96. The molecule has 0 aromatic heterocycles. The monoisotopic (exact) mass is 278 g/mol. The number of hydrogen-bond donors (Lipinski definition) is 1. The van der Waals surface area contributed by atoms with Crippen LogP contribution in [0, 0.1) is 0 Å². The van der Waals surface area contributed by atoms with Gasteiger partial charge in [0.2, 0.25) is 0 Å². The zero-order valence-corrected chi connectivity index (χ0v) is 12.3. The molecule has 110 valence electrons. The van der Waals surface area contributed by atoms with Crippen molar-refractivity contribution in [2.45, 2.75) is 33.2 Å². The summed E-state index contributed by atoms with van der Waals surface area (Å²) < 4.78 is 5.34. The summed E-state index contributed by atoms with van der Waals surface area (Å²) in [6.45, 7) is 6.46. The molecule has 0 aliphatic heterocycles. The van der Waals surface area contributed by atoms with Crippen molar-refractivity contribution < 1.29 is 14.4 Å². The number of amides is 1. The van der Waals surface area contributed by atoms with Gasteiger partial charge in [0.1, 0.15) is 5.75 Å². The Hall–Kier alpha value is -2.04. The van der Waals surface area contributed by atoms with Crippen LogP contribution in [0.3, 0.4) is 0 Å². The number of ether oxygens (including phenoxy) is 1. The van der Waals surface area contributed by atoms with Crippen LogP contribution >= 0.6 is 0 Å². The maximum absolute atomic E-state index is 11.4. The molecule has 0 saturated heterocycles. The first-order chi connectivity index (χ1) is 9.65. The minimum Gasteiger partial charge on any atom is -0.494 e. The van der Waals surface area contributed by atoms with E-state index >= 15 is 0 Å². The number of hydrogen-bond acceptors (Lipinski definition) is 4. The van der Waals surface area contributed by atoms with E-state index in [1.54, 1.807) is 6.21 Å². The van der Waals surface area contributed by atoms with Crippen molar-refractivity contribution in [3.63, 3.8) is 0 Å². The molecule has 0 aliphatic carbocycles. The fourth-order valence-corrected chi connectivity index (χ4v) is 1.43. The smallest absolute Gasteiger partial charge is 0.260 e. The van der Waals surface area contributed by atoms with Crippen molar-refractivity contribution in [2.24, 2.45) is 5.16 Å². The highest BCUT2D eigenvalue weighted by molar-refractivity contribution is 5.80. The molecule has 20 heavy (non-hydrogen) atoms. The van der Waals surface area contributed by atoms with Gasteiger partial charge in [-0.15, -0.1) is 0 Å². The number of rotatable bonds is 8. The molecule has 1 amide bonds. The van der Waals surface area contributed by atoms with Crippen LogP contribution in [0.15, 0.2) is 29.4 Å². The van der Waals surface area contributed by atoms with Gasteiger partial charge in [-0.1, -0.05) is 12.1 Å². The Morgan fingerprint density at radius 1 is 1.35 bits per heavy atom. The minimum atomic E-state index is -0.164. The molecule has 1 N–H and O–H groups in total. The molecular weight excluding hydrogens is 256 g/mol. The van der Waals surface area contributed by atoms with Gasteiger partial charge in [-0.25, -0.2) is 0 Å². The van der Waals surface area contributed by atoms with Gasteiger partial charge in [-0.2, -0.15) is 0 Å². The third-order valence-corrected chi connectivity index (χ3v) is 2.68. The number of carbonyl (C=O) groups excluding carboxylic acids is 1. The lowest BCUT2D eigenvalue weighted by Crippen LogP contribution is -2.34. The molecule has 0 spiro atoms. The van der Waals surface area contributed by atoms with E-state index < -0.39 is 0 Å². The van der Waals surface area contributed by atoms with Gasteiger partial charge < -0.3 is 14.9 Å². The van der Waals surface area contributed by atoms with E-state index in [9.17, 15) is 4.79 Å². The summed E-state index contributed by atoms with van der Waals surface area (Å²) in [6.07, 6.45) is 2.45. The first kappa shape index (κ1) is 16.0. The van der Waals surface area contributed by atoms with Crippen molar-refractivity contribution in [3.8, 4) is 5.75 Å². The van der Waals surface area contributed by atoms with Gasteiger partial charge in [0.25, 0.3) is 5.91 Å². The topological polar surface area (TPSA) is 59.9 Å². The molecule has 0 saturated carbocycles. The van der Waals surface area contributed by atoms with E-state index in [4.69, 9.17) is 9.57 Å². The summed E-state index contributed by atoms with van der Waals surface area (Å²) in [5.41, 5.74) is 0.885. The number of benzene rings is 1. The van der Waals surface area contributed by atoms with E-state index in [1.807, 2.05) is 45.0 Å². The number of nitrogens with zero attached hydrogens (tertiary/aromatic N) is 1. The molecule has 0 unspecified atom stereocenters. The summed E-state index contributed by atoms with van der Waals surface area (Å²) in [5, 5.41) is 6.56. The molecule has 1 aromatic rings. The quantitative estimate of drug-likeness (QED) is 0.586. The standard InChI is InChI=1S/C15H22N2O3/c1-4-12(3)17-15(18)11-20-16-10-13-6-8-14(9-7-13)19-5-2/h6-10,12H,4-5,11H2,1-3H3,(H,17,18)/b16-10-/t12-/m0/s1. The second-order valence-corrected chi connectivity index (χ2v) is 4.39. The van der Waals surface area contributed by atoms with E-state index in [0.29, 0.717) is 6.61 Å². The van der Waals surface area contributed by atoms with Crippen molar-refractivity contribution in [2.75, 3.05) is 13.2 Å². The van der Waals surface area contributed by atoms with Gasteiger partial charge in [0, 0.05) is 6.04 Å². The second-order valence-electron chi connectivity index (χ2n) is 4.39. The van der Waals surface area contributed by atoms with Crippen LogP contribution in [0.1, 0.15) is 32.8 Å². The summed E-state index contributed by atoms with van der Waals surface area (Å²) >= 11 is 0. The minimum absolute atomic E-state index is 0.0716. The third-order valence-electron chi connectivity index (χ3n) is 2.68. The highest BCUT2D eigenvalue weighted by Crippen LogP contribution is 2.10. The van der Waals surface area contributed by atoms with Gasteiger partial charge in [0.15, 0.2) is 6.61 Å². The number of oxime groups is 1. The summed E-state index contributed by atoms with van der Waals surface area (Å²) in [6, 6.07) is 7.62. The lowest BCUT2D eigenvalue weighted by Gasteiger charge is -2.09. The zero-order valence-electron chi connectivity index (χ0n) is 12.3. The van der Waals surface area contributed by atoms with Crippen LogP contribution in [0.25, 0.3) is 0 Å². The molecule has 1 rings (SSSR count). The van der Waals surface area contributed by atoms with Crippen LogP contribution < -0.4 is 10.1 Å². The van der Waals surface area contributed by atoms with Gasteiger partial charge in [-0.05, 0) is 50.1 Å². The SMILES string of the molecule is CCOc1ccc(/C=N\OCC(=O)N[C@@H](C)CC)cc1. The third kappa shape index (κ3) is 6.22. The van der Waals surface area contributed by atoms with Crippen molar-refractivity contribution in [3.05, 3.63) is 29.8 Å². The fourth-order valence-electron chi connectivity index (χ4n) is 1.43. The average Bonchev–Trinajstić information content (AvgIpc) is 2.45. The van der Waals surface area contributed by atoms with E-state index in [-0.39, 0.29) is 18.6 Å². The van der Waals surface area contributed by atoms with Crippen molar-refractivity contribution in [1.82, 2.24) is 5.32 Å². The molecule has 0 bridgehead atoms. The Bertz CT molecular complexity index is 429. The highest BCUT2D eigenvalue weighted by Gasteiger charge is 2.04. The van der Waals surface area contributed by atoms with E-state index in [2.05, 4.69) is 10.5 Å². The Morgan fingerprint density at radius 3 is 2.65 bits per heavy atom. The van der Waals surface area contributed by atoms with Crippen LogP contribution in [0.4, 0.5) is 0 Å². The molecule has 0 fully saturated rings. The average molecular weight is 278 g/mol. The predicted octanol–water partition coefficient (Wildman–Crippen LogP) is 2.35. The summed E-state index contributed by atoms with van der Waals surface area (Å²) in [4.78, 5) is 16.4. The molecule has 5 heteroatoms. The van der Waals surface area contributed by atoms with Gasteiger partial charge in [0.05, 0.1) is 12.8 Å². The zero-order chi connectivity index (χ0) is 14.8. The molecule has 0 aliphatic rings. The maximum Gasteiger partial charge on any atom is 0.260 e. The van der Waals surface area contributed by atoms with Crippen LogP contribution in [-0.2, 0) is 9.63 Å². The van der Waals surface area contributed by atoms with Gasteiger partial charge >= 0.3 is 0 Å². The molecule has 1 atom stereocenters. The molecule has 0 radical (unpaired) electrons. The highest BCUT2D eigenvalue weighted by atomic mass is 16.6. The Kier molecular flexibility index (Phi) is 7.17. The Labute approximate surface area is 120 Å². The molecular formula is C15H22N2O3. The summed E-state index contributed by atoms with van der Waals surface area (Å²) in [5.74, 6) is 0.654. The predicted molar refractivity (Wildman–Crippen MR) is 79.1 cm³/mol. The first-order valence-electron chi connectivity index (χ1n) is 6.83. The molecule has 5 nitrogen and oxygen atoms in total. The molecule has 0 heterocycles. The fraction of sp³-hybridized carbons (Fsp3) is 0.467. The van der Waals surface area contributed by atoms with Gasteiger partial charge in [-0.3, -0.25) is 4.79 Å². The van der Waals surface area contributed by atoms with Crippen LogP contribution in [0.5, 0.6) is 5.75 Å².